The summed E-state index contributed by atoms with van der Waals surface area (Å²) in [4.78, 5) is 12.5. The summed E-state index contributed by atoms with van der Waals surface area (Å²) in [6, 6.07) is 0.759. The molecular weight excluding hydrogens is 126 g/mol. The van der Waals surface area contributed by atoms with Crippen molar-refractivity contribution in [3.63, 3.8) is 0 Å². The molecule has 2 unspecified atom stereocenters. The van der Waals surface area contributed by atoms with Crippen molar-refractivity contribution in [3.05, 3.63) is 0 Å². The summed E-state index contributed by atoms with van der Waals surface area (Å²) in [6.07, 6.45) is 5.12. The van der Waals surface area contributed by atoms with Gasteiger partial charge in [0.15, 0.2) is 0 Å². The van der Waals surface area contributed by atoms with Gasteiger partial charge in [-0.2, -0.15) is 0 Å². The van der Waals surface area contributed by atoms with Crippen LogP contribution in [0.4, 0.5) is 0 Å². The number of likely N-dealkylation sites (tertiary alicyclic amines) is 1. The van der Waals surface area contributed by atoms with E-state index in [1.54, 1.807) is 0 Å². The highest BCUT2D eigenvalue weighted by Gasteiger charge is 2.36. The zero-order valence-corrected chi connectivity index (χ0v) is 6.12. The average molecular weight is 139 g/mol. The van der Waals surface area contributed by atoms with Crippen molar-refractivity contribution in [2.24, 2.45) is 5.92 Å². The lowest BCUT2D eigenvalue weighted by Crippen LogP contribution is -2.33. The molecule has 0 N–H and O–H groups in total. The molecule has 2 heteroatoms. The molecule has 1 saturated carbocycles. The number of hydrogen-bond donors (Lipinski definition) is 0. The fraction of sp³-hybridized carbons (Fsp3) is 0.875. The second-order valence-corrected chi connectivity index (χ2v) is 3.45. The lowest BCUT2D eigenvalue weighted by atomic mass is 10.1. The molecule has 0 radical (unpaired) electrons. The largest absolute Gasteiger partial charge is 0.302 e. The smallest absolute Gasteiger partial charge is 0.133 e. The summed E-state index contributed by atoms with van der Waals surface area (Å²) in [5, 5.41) is 0. The number of carbonyl (C=O) groups is 1. The Balaban J connectivity index is 1.95. The van der Waals surface area contributed by atoms with Gasteiger partial charge in [0.25, 0.3) is 0 Å². The van der Waals surface area contributed by atoms with Crippen molar-refractivity contribution in [1.29, 1.82) is 0 Å². The van der Waals surface area contributed by atoms with Crippen LogP contribution >= 0.6 is 0 Å². The first-order chi connectivity index (χ1) is 4.90. The molecule has 1 heterocycles. The molecule has 1 aliphatic heterocycles. The van der Waals surface area contributed by atoms with E-state index in [0.717, 1.165) is 18.2 Å². The van der Waals surface area contributed by atoms with Crippen LogP contribution in [-0.2, 0) is 4.79 Å². The Kier molecular flexibility index (Phi) is 1.49. The maximum Gasteiger partial charge on any atom is 0.133 e. The number of fused-ring (bicyclic) bond motifs is 2. The Morgan fingerprint density at radius 3 is 2.90 bits per heavy atom. The van der Waals surface area contributed by atoms with Gasteiger partial charge in [-0.1, -0.05) is 0 Å². The van der Waals surface area contributed by atoms with E-state index >= 15 is 0 Å². The third kappa shape index (κ3) is 0.870. The number of nitrogens with zero attached hydrogens (tertiary/aromatic N) is 1. The van der Waals surface area contributed by atoms with Gasteiger partial charge in [-0.15, -0.1) is 0 Å². The molecular formula is C8H13NO. The van der Waals surface area contributed by atoms with Crippen LogP contribution in [0.25, 0.3) is 0 Å². The Morgan fingerprint density at radius 1 is 1.50 bits per heavy atom. The molecule has 10 heavy (non-hydrogen) atoms. The molecule has 0 amide bonds. The predicted molar refractivity (Wildman–Crippen MR) is 38.8 cm³/mol. The van der Waals surface area contributed by atoms with Crippen molar-refractivity contribution < 1.29 is 4.79 Å². The van der Waals surface area contributed by atoms with Crippen molar-refractivity contribution in [1.82, 2.24) is 4.90 Å². The Bertz CT molecular complexity index is 146. The van der Waals surface area contributed by atoms with Gasteiger partial charge in [-0.25, -0.2) is 0 Å². The van der Waals surface area contributed by atoms with Crippen molar-refractivity contribution in [2.45, 2.75) is 25.3 Å². The molecule has 1 aliphatic carbocycles. The number of rotatable bonds is 2. The second-order valence-electron chi connectivity index (χ2n) is 3.45. The van der Waals surface area contributed by atoms with E-state index in [4.69, 9.17) is 0 Å². The summed E-state index contributed by atoms with van der Waals surface area (Å²) in [6.45, 7) is 1.85. The number of hydrogen-bond acceptors (Lipinski definition) is 2. The zero-order valence-electron chi connectivity index (χ0n) is 6.12. The molecule has 0 aromatic rings. The van der Waals surface area contributed by atoms with Crippen molar-refractivity contribution in [2.75, 3.05) is 13.1 Å². The SMILES string of the molecule is O=CCN1CC2CCC1C2. The number of carbonyl (C=O) groups excluding carboxylic acids is 1. The molecule has 2 bridgehead atoms. The molecule has 2 nitrogen and oxygen atoms in total. The standard InChI is InChI=1S/C8H13NO/c10-4-3-9-6-7-1-2-8(9)5-7/h4,7-8H,1-3,5-6H2. The van der Waals surface area contributed by atoms with Crippen LogP contribution in [0.15, 0.2) is 0 Å². The zero-order chi connectivity index (χ0) is 6.97. The van der Waals surface area contributed by atoms with Gasteiger partial charge in [0.1, 0.15) is 6.29 Å². The summed E-state index contributed by atoms with van der Waals surface area (Å²) < 4.78 is 0. The van der Waals surface area contributed by atoms with Crippen LogP contribution in [0.1, 0.15) is 19.3 Å². The van der Waals surface area contributed by atoms with E-state index in [1.807, 2.05) is 0 Å². The summed E-state index contributed by atoms with van der Waals surface area (Å²) in [7, 11) is 0. The summed E-state index contributed by atoms with van der Waals surface area (Å²) in [5.74, 6) is 0.921. The van der Waals surface area contributed by atoms with E-state index in [9.17, 15) is 4.79 Å². The fourth-order valence-electron chi connectivity index (χ4n) is 2.35. The van der Waals surface area contributed by atoms with Crippen LogP contribution in [0.5, 0.6) is 0 Å². The predicted octanol–water partition coefficient (Wildman–Crippen LogP) is 0.670. The number of piperidine rings is 1. The summed E-state index contributed by atoms with van der Waals surface area (Å²) >= 11 is 0. The first-order valence-corrected chi connectivity index (χ1v) is 4.08. The molecule has 2 fully saturated rings. The Morgan fingerprint density at radius 2 is 2.40 bits per heavy atom. The third-order valence-corrected chi connectivity index (χ3v) is 2.83. The highest BCUT2D eigenvalue weighted by atomic mass is 16.1. The van der Waals surface area contributed by atoms with Crippen LogP contribution in [0, 0.1) is 5.92 Å². The van der Waals surface area contributed by atoms with Gasteiger partial charge in [-0.05, 0) is 25.2 Å². The maximum atomic E-state index is 10.2. The highest BCUT2D eigenvalue weighted by molar-refractivity contribution is 5.52. The van der Waals surface area contributed by atoms with E-state index in [-0.39, 0.29) is 0 Å². The molecule has 2 atom stereocenters. The van der Waals surface area contributed by atoms with Crippen LogP contribution in [-0.4, -0.2) is 30.3 Å². The highest BCUT2D eigenvalue weighted by Crippen LogP contribution is 2.36. The lowest BCUT2D eigenvalue weighted by molar-refractivity contribution is -0.109. The lowest BCUT2D eigenvalue weighted by Gasteiger charge is -2.23. The minimum Gasteiger partial charge on any atom is -0.302 e. The Hall–Kier alpha value is -0.370. The minimum atomic E-state index is 0.668. The molecule has 2 aliphatic rings. The van der Waals surface area contributed by atoms with Gasteiger partial charge < -0.3 is 4.79 Å². The number of aldehydes is 1. The first-order valence-electron chi connectivity index (χ1n) is 4.08. The monoisotopic (exact) mass is 139 g/mol. The molecule has 0 aromatic heterocycles. The first kappa shape index (κ1) is 6.35. The quantitative estimate of drug-likeness (QED) is 0.524. The summed E-state index contributed by atoms with van der Waals surface area (Å²) in [5.41, 5.74) is 0. The molecule has 56 valence electrons. The van der Waals surface area contributed by atoms with E-state index in [1.165, 1.54) is 25.8 Å². The normalized spacial score (nSPS) is 38.8. The van der Waals surface area contributed by atoms with Gasteiger partial charge in [0, 0.05) is 12.6 Å². The van der Waals surface area contributed by atoms with Crippen LogP contribution in [0.2, 0.25) is 0 Å². The Labute approximate surface area is 61.2 Å². The van der Waals surface area contributed by atoms with Gasteiger partial charge in [-0.3, -0.25) is 4.90 Å². The topological polar surface area (TPSA) is 20.3 Å². The van der Waals surface area contributed by atoms with Gasteiger partial charge in [0.2, 0.25) is 0 Å². The average Bonchev–Trinajstić information content (AvgIpc) is 2.48. The molecule has 1 saturated heterocycles. The van der Waals surface area contributed by atoms with Crippen LogP contribution in [0.3, 0.4) is 0 Å². The van der Waals surface area contributed by atoms with Crippen molar-refractivity contribution in [3.8, 4) is 0 Å². The van der Waals surface area contributed by atoms with Crippen molar-refractivity contribution >= 4 is 6.29 Å². The molecule has 0 aromatic carbocycles. The van der Waals surface area contributed by atoms with E-state index in [2.05, 4.69) is 4.90 Å². The molecule has 2 rings (SSSR count). The van der Waals surface area contributed by atoms with E-state index in [0.29, 0.717) is 6.54 Å². The van der Waals surface area contributed by atoms with Gasteiger partial charge in [0.05, 0.1) is 6.54 Å². The second kappa shape index (κ2) is 2.35. The maximum absolute atomic E-state index is 10.2. The minimum absolute atomic E-state index is 0.668. The van der Waals surface area contributed by atoms with E-state index < -0.39 is 0 Å². The van der Waals surface area contributed by atoms with Gasteiger partial charge >= 0.3 is 0 Å². The molecule has 0 spiro atoms. The van der Waals surface area contributed by atoms with Crippen LogP contribution < -0.4 is 0 Å². The fourth-order valence-corrected chi connectivity index (χ4v) is 2.35. The third-order valence-electron chi connectivity index (χ3n) is 2.83.